The maximum atomic E-state index is 12.6. The van der Waals surface area contributed by atoms with Crippen molar-refractivity contribution in [3.05, 3.63) is 17.5 Å². The number of rotatable bonds is 2. The number of nitrogens with zero attached hydrogens (tertiary/aromatic N) is 3. The van der Waals surface area contributed by atoms with Gasteiger partial charge in [0, 0.05) is 31.4 Å². The molecule has 0 radical (unpaired) electrons. The predicted octanol–water partition coefficient (Wildman–Crippen LogP) is 2.32. The summed E-state index contributed by atoms with van der Waals surface area (Å²) in [4.78, 5) is 10.2. The van der Waals surface area contributed by atoms with Gasteiger partial charge in [0.05, 0.1) is 6.67 Å². The first-order chi connectivity index (χ1) is 7.31. The van der Waals surface area contributed by atoms with Gasteiger partial charge in [0.1, 0.15) is 0 Å². The van der Waals surface area contributed by atoms with Crippen molar-refractivity contribution in [1.82, 2.24) is 9.97 Å². The van der Waals surface area contributed by atoms with Gasteiger partial charge in [-0.1, -0.05) is 11.6 Å². The highest BCUT2D eigenvalue weighted by Gasteiger charge is 2.22. The van der Waals surface area contributed by atoms with E-state index in [9.17, 15) is 4.39 Å². The zero-order valence-corrected chi connectivity index (χ0v) is 9.12. The van der Waals surface area contributed by atoms with E-state index in [0.717, 1.165) is 19.4 Å². The fraction of sp³-hybridized carbons (Fsp3) is 0.600. The monoisotopic (exact) mass is 229 g/mol. The summed E-state index contributed by atoms with van der Waals surface area (Å²) in [5.41, 5.74) is 0. The highest BCUT2D eigenvalue weighted by Crippen LogP contribution is 2.25. The first-order valence-electron chi connectivity index (χ1n) is 5.08. The molecule has 1 aliphatic rings. The molecule has 15 heavy (non-hydrogen) atoms. The minimum absolute atomic E-state index is 0.108. The Hall–Kier alpha value is -0.900. The number of aromatic nitrogens is 2. The van der Waals surface area contributed by atoms with E-state index in [2.05, 4.69) is 9.97 Å². The van der Waals surface area contributed by atoms with Crippen LogP contribution in [0.25, 0.3) is 0 Å². The third kappa shape index (κ3) is 2.37. The molecular formula is C10H13ClFN3. The molecule has 0 aromatic carbocycles. The normalized spacial score (nSPS) is 21.7. The smallest absolute Gasteiger partial charge is 0.171 e. The van der Waals surface area contributed by atoms with Crippen LogP contribution in [0.1, 0.15) is 12.8 Å². The van der Waals surface area contributed by atoms with Gasteiger partial charge in [-0.2, -0.15) is 0 Å². The number of hydrogen-bond acceptors (Lipinski definition) is 3. The van der Waals surface area contributed by atoms with Gasteiger partial charge in [0.25, 0.3) is 0 Å². The van der Waals surface area contributed by atoms with Gasteiger partial charge in [-0.05, 0) is 12.8 Å². The second-order valence-corrected chi connectivity index (χ2v) is 4.14. The third-order valence-electron chi connectivity index (χ3n) is 2.67. The summed E-state index contributed by atoms with van der Waals surface area (Å²) >= 11 is 5.94. The van der Waals surface area contributed by atoms with Crippen LogP contribution in [0.5, 0.6) is 0 Å². The van der Waals surface area contributed by atoms with E-state index in [-0.39, 0.29) is 12.6 Å². The van der Waals surface area contributed by atoms with Gasteiger partial charge in [0.15, 0.2) is 11.0 Å². The summed E-state index contributed by atoms with van der Waals surface area (Å²) in [6, 6.07) is 0. The van der Waals surface area contributed by atoms with E-state index in [1.165, 1.54) is 0 Å². The lowest BCUT2D eigenvalue weighted by molar-refractivity contribution is 0.315. The minimum Gasteiger partial charge on any atom is -0.354 e. The van der Waals surface area contributed by atoms with Crippen molar-refractivity contribution >= 4 is 17.4 Å². The van der Waals surface area contributed by atoms with E-state index in [4.69, 9.17) is 11.6 Å². The van der Waals surface area contributed by atoms with Gasteiger partial charge >= 0.3 is 0 Å². The number of hydrogen-bond donors (Lipinski definition) is 0. The molecule has 0 unspecified atom stereocenters. The van der Waals surface area contributed by atoms with Crippen LogP contribution in [0.3, 0.4) is 0 Å². The molecule has 0 bridgehead atoms. The van der Waals surface area contributed by atoms with Crippen molar-refractivity contribution in [2.75, 3.05) is 24.7 Å². The van der Waals surface area contributed by atoms with Crippen molar-refractivity contribution in [1.29, 1.82) is 0 Å². The number of alkyl halides is 1. The Kier molecular flexibility index (Phi) is 3.36. The molecule has 1 aromatic heterocycles. The molecule has 3 nitrogen and oxygen atoms in total. The van der Waals surface area contributed by atoms with Crippen LogP contribution in [0.2, 0.25) is 5.15 Å². The Bertz CT molecular complexity index is 334. The molecule has 1 aromatic rings. The number of halogens is 2. The third-order valence-corrected chi connectivity index (χ3v) is 2.94. The predicted molar refractivity (Wildman–Crippen MR) is 58.0 cm³/mol. The fourth-order valence-corrected chi connectivity index (χ4v) is 2.13. The zero-order chi connectivity index (χ0) is 10.7. The largest absolute Gasteiger partial charge is 0.354 e. The lowest BCUT2D eigenvalue weighted by Crippen LogP contribution is -2.37. The van der Waals surface area contributed by atoms with Gasteiger partial charge in [0.2, 0.25) is 0 Å². The highest BCUT2D eigenvalue weighted by atomic mass is 35.5. The highest BCUT2D eigenvalue weighted by molar-refractivity contribution is 6.31. The quantitative estimate of drug-likeness (QED) is 0.780. The van der Waals surface area contributed by atoms with Gasteiger partial charge in [-0.3, -0.25) is 4.39 Å². The van der Waals surface area contributed by atoms with E-state index in [0.29, 0.717) is 17.5 Å². The van der Waals surface area contributed by atoms with E-state index >= 15 is 0 Å². The van der Waals surface area contributed by atoms with Gasteiger partial charge in [-0.15, -0.1) is 0 Å². The SMILES string of the molecule is FC[C@@H]1CCCN(c2nccnc2Cl)C1. The molecule has 2 rings (SSSR count). The summed E-state index contributed by atoms with van der Waals surface area (Å²) in [6.07, 6.45) is 5.11. The van der Waals surface area contributed by atoms with Crippen molar-refractivity contribution in [2.24, 2.45) is 5.92 Å². The molecular weight excluding hydrogens is 217 g/mol. The molecule has 0 aliphatic carbocycles. The zero-order valence-electron chi connectivity index (χ0n) is 8.37. The first kappa shape index (κ1) is 10.6. The van der Waals surface area contributed by atoms with Crippen LogP contribution in [-0.4, -0.2) is 29.7 Å². The van der Waals surface area contributed by atoms with E-state index in [1.54, 1.807) is 12.4 Å². The van der Waals surface area contributed by atoms with Gasteiger partial charge in [-0.25, -0.2) is 9.97 Å². The Labute approximate surface area is 93.3 Å². The van der Waals surface area contributed by atoms with Gasteiger partial charge < -0.3 is 4.90 Å². The maximum absolute atomic E-state index is 12.6. The van der Waals surface area contributed by atoms with Crippen LogP contribution < -0.4 is 4.90 Å². The van der Waals surface area contributed by atoms with Crippen LogP contribution in [0.15, 0.2) is 12.4 Å². The van der Waals surface area contributed by atoms with Crippen LogP contribution in [0.4, 0.5) is 10.2 Å². The van der Waals surface area contributed by atoms with Crippen LogP contribution in [-0.2, 0) is 0 Å². The van der Waals surface area contributed by atoms with E-state index < -0.39 is 0 Å². The summed E-state index contributed by atoms with van der Waals surface area (Å²) < 4.78 is 12.6. The summed E-state index contributed by atoms with van der Waals surface area (Å²) in [5.74, 6) is 0.786. The molecule has 0 N–H and O–H groups in total. The number of piperidine rings is 1. The maximum Gasteiger partial charge on any atom is 0.171 e. The van der Waals surface area contributed by atoms with Crippen molar-refractivity contribution in [3.8, 4) is 0 Å². The summed E-state index contributed by atoms with van der Waals surface area (Å²) in [6.45, 7) is 1.30. The molecule has 82 valence electrons. The van der Waals surface area contributed by atoms with E-state index in [1.807, 2.05) is 4.90 Å². The standard InChI is InChI=1S/C10H13ClFN3/c11-9-10(14-4-3-13-9)15-5-1-2-8(6-12)7-15/h3-4,8H,1-2,5-7H2/t8-/m0/s1. The average molecular weight is 230 g/mol. The van der Waals surface area contributed by atoms with Crippen LogP contribution in [0, 0.1) is 5.92 Å². The topological polar surface area (TPSA) is 29.0 Å². The molecule has 1 atom stereocenters. The fourth-order valence-electron chi connectivity index (χ4n) is 1.91. The van der Waals surface area contributed by atoms with Crippen molar-refractivity contribution in [3.63, 3.8) is 0 Å². The Morgan fingerprint density at radius 3 is 3.00 bits per heavy atom. The Balaban J connectivity index is 2.13. The van der Waals surface area contributed by atoms with Crippen molar-refractivity contribution < 1.29 is 4.39 Å². The lowest BCUT2D eigenvalue weighted by Gasteiger charge is -2.32. The lowest BCUT2D eigenvalue weighted by atomic mass is 10.00. The Morgan fingerprint density at radius 1 is 1.47 bits per heavy atom. The molecule has 0 amide bonds. The first-order valence-corrected chi connectivity index (χ1v) is 5.46. The Morgan fingerprint density at radius 2 is 2.27 bits per heavy atom. The molecule has 2 heterocycles. The molecule has 1 fully saturated rings. The minimum atomic E-state index is -0.269. The number of anilines is 1. The second-order valence-electron chi connectivity index (χ2n) is 3.78. The summed E-state index contributed by atoms with van der Waals surface area (Å²) in [5, 5.41) is 0.400. The molecule has 0 spiro atoms. The molecule has 0 saturated carbocycles. The molecule has 5 heteroatoms. The van der Waals surface area contributed by atoms with Crippen LogP contribution >= 0.6 is 11.6 Å². The molecule has 1 aliphatic heterocycles. The summed E-state index contributed by atoms with van der Waals surface area (Å²) in [7, 11) is 0. The molecule has 1 saturated heterocycles. The second kappa shape index (κ2) is 4.75. The average Bonchev–Trinajstić information content (AvgIpc) is 2.30. The van der Waals surface area contributed by atoms with Crippen molar-refractivity contribution in [2.45, 2.75) is 12.8 Å².